The highest BCUT2D eigenvalue weighted by Gasteiger charge is 2.33. The predicted octanol–water partition coefficient (Wildman–Crippen LogP) is 5.53. The van der Waals surface area contributed by atoms with E-state index in [-0.39, 0.29) is 29.1 Å². The van der Waals surface area contributed by atoms with Crippen molar-refractivity contribution in [1.82, 2.24) is 10.2 Å². The van der Waals surface area contributed by atoms with E-state index in [0.717, 1.165) is 4.31 Å². The molecular formula is C29H33Cl2N3O5S. The van der Waals surface area contributed by atoms with Crippen LogP contribution in [0.1, 0.15) is 32.8 Å². The van der Waals surface area contributed by atoms with E-state index in [1.807, 2.05) is 13.8 Å². The Labute approximate surface area is 245 Å². The second kappa shape index (κ2) is 13.9. The van der Waals surface area contributed by atoms with Gasteiger partial charge < -0.3 is 15.0 Å². The third-order valence-electron chi connectivity index (χ3n) is 6.49. The van der Waals surface area contributed by atoms with Crippen molar-refractivity contribution in [1.29, 1.82) is 0 Å². The maximum Gasteiger partial charge on any atom is 0.264 e. The first kappa shape index (κ1) is 31.3. The maximum atomic E-state index is 14.0. The lowest BCUT2D eigenvalue weighted by molar-refractivity contribution is -0.139. The van der Waals surface area contributed by atoms with Crippen LogP contribution in [-0.2, 0) is 26.2 Å². The summed E-state index contributed by atoms with van der Waals surface area (Å²) in [5.41, 5.74) is 0.823. The highest BCUT2D eigenvalue weighted by Crippen LogP contribution is 2.27. The topological polar surface area (TPSA) is 96.0 Å². The van der Waals surface area contributed by atoms with Gasteiger partial charge in [0.05, 0.1) is 17.7 Å². The molecule has 0 saturated heterocycles. The van der Waals surface area contributed by atoms with Gasteiger partial charge in [-0.2, -0.15) is 0 Å². The summed E-state index contributed by atoms with van der Waals surface area (Å²) in [5.74, 6) is -0.427. The number of nitrogens with one attached hydrogen (secondary N) is 1. The van der Waals surface area contributed by atoms with E-state index in [4.69, 9.17) is 27.9 Å². The SMILES string of the molecule is CC[C@@H](C)NC(=O)[C@@H](C)N(Cc1ccc(Cl)cc1Cl)C(=O)CN(c1ccc(OC)cc1)S(=O)(=O)c1ccccc1. The molecule has 3 aromatic carbocycles. The standard InChI is InChI=1S/C29H33Cl2N3O5S/c1-5-20(2)32-29(36)21(3)33(18-22-11-12-23(30)17-27(22)31)28(35)19-34(24-13-15-25(39-4)16-14-24)40(37,38)26-9-7-6-8-10-26/h6-17,20-21H,5,18-19H2,1-4H3,(H,32,36)/t20-,21-/m1/s1. The minimum absolute atomic E-state index is 0.0217. The van der Waals surface area contributed by atoms with Gasteiger partial charge in [-0.3, -0.25) is 13.9 Å². The van der Waals surface area contributed by atoms with Gasteiger partial charge in [-0.05, 0) is 74.4 Å². The van der Waals surface area contributed by atoms with Gasteiger partial charge in [0.25, 0.3) is 10.0 Å². The lowest BCUT2D eigenvalue weighted by Crippen LogP contribution is -2.52. The molecule has 40 heavy (non-hydrogen) atoms. The van der Waals surface area contributed by atoms with Crippen molar-refractivity contribution in [2.45, 2.75) is 50.7 Å². The fourth-order valence-corrected chi connectivity index (χ4v) is 5.78. The van der Waals surface area contributed by atoms with Gasteiger partial charge in [0.2, 0.25) is 11.8 Å². The molecule has 0 aromatic heterocycles. The van der Waals surface area contributed by atoms with Crippen LogP contribution in [0.15, 0.2) is 77.7 Å². The Kier molecular flexibility index (Phi) is 10.8. The number of rotatable bonds is 12. The number of benzene rings is 3. The Hall–Kier alpha value is -3.27. The molecule has 0 aliphatic carbocycles. The molecule has 8 nitrogen and oxygen atoms in total. The largest absolute Gasteiger partial charge is 0.497 e. The molecule has 0 spiro atoms. The van der Waals surface area contributed by atoms with Crippen LogP contribution in [0.5, 0.6) is 5.75 Å². The first-order chi connectivity index (χ1) is 19.0. The van der Waals surface area contributed by atoms with Gasteiger partial charge >= 0.3 is 0 Å². The molecule has 1 N–H and O–H groups in total. The van der Waals surface area contributed by atoms with E-state index >= 15 is 0 Å². The summed E-state index contributed by atoms with van der Waals surface area (Å²) in [5, 5.41) is 3.64. The second-order valence-corrected chi connectivity index (χ2v) is 12.0. The number of halogens is 2. The maximum absolute atomic E-state index is 14.0. The lowest BCUT2D eigenvalue weighted by Gasteiger charge is -2.32. The van der Waals surface area contributed by atoms with Crippen LogP contribution in [0.2, 0.25) is 10.0 Å². The average Bonchev–Trinajstić information content (AvgIpc) is 2.95. The third kappa shape index (κ3) is 7.68. The normalized spacial score (nSPS) is 12.8. The fraction of sp³-hybridized carbons (Fsp3) is 0.310. The number of methoxy groups -OCH3 is 1. The molecule has 3 aromatic rings. The van der Waals surface area contributed by atoms with Crippen molar-refractivity contribution in [3.05, 3.63) is 88.4 Å². The van der Waals surface area contributed by atoms with Crippen LogP contribution >= 0.6 is 23.2 Å². The lowest BCUT2D eigenvalue weighted by atomic mass is 10.1. The molecule has 0 bridgehead atoms. The summed E-state index contributed by atoms with van der Waals surface area (Å²) in [6, 6.07) is 18.0. The van der Waals surface area contributed by atoms with Gasteiger partial charge in [-0.15, -0.1) is 0 Å². The van der Waals surface area contributed by atoms with Crippen LogP contribution in [0, 0.1) is 0 Å². The number of anilines is 1. The number of ether oxygens (including phenoxy) is 1. The molecule has 3 rings (SSSR count). The first-order valence-corrected chi connectivity index (χ1v) is 14.9. The van der Waals surface area contributed by atoms with Crippen molar-refractivity contribution < 1.29 is 22.7 Å². The van der Waals surface area contributed by atoms with E-state index in [1.54, 1.807) is 67.6 Å². The molecule has 0 heterocycles. The van der Waals surface area contributed by atoms with E-state index in [9.17, 15) is 18.0 Å². The van der Waals surface area contributed by atoms with E-state index in [0.29, 0.717) is 27.8 Å². The van der Waals surface area contributed by atoms with E-state index in [2.05, 4.69) is 5.32 Å². The molecule has 0 unspecified atom stereocenters. The average molecular weight is 607 g/mol. The molecule has 2 atom stereocenters. The molecule has 0 fully saturated rings. The van der Waals surface area contributed by atoms with E-state index in [1.165, 1.54) is 24.1 Å². The smallest absolute Gasteiger partial charge is 0.264 e. The summed E-state index contributed by atoms with van der Waals surface area (Å²) in [6.45, 7) is 4.81. The van der Waals surface area contributed by atoms with Gasteiger partial charge in [-0.25, -0.2) is 8.42 Å². The van der Waals surface area contributed by atoms with E-state index < -0.39 is 28.5 Å². The molecule has 0 saturated carbocycles. The zero-order valence-electron chi connectivity index (χ0n) is 22.8. The Morgan fingerprint density at radius 1 is 0.975 bits per heavy atom. The van der Waals surface area contributed by atoms with Crippen LogP contribution in [0.25, 0.3) is 0 Å². The first-order valence-electron chi connectivity index (χ1n) is 12.7. The number of carbonyl (C=O) groups excluding carboxylic acids is 2. The van der Waals surface area contributed by atoms with Gasteiger partial charge in [-0.1, -0.05) is 54.4 Å². The number of hydrogen-bond donors (Lipinski definition) is 1. The molecule has 0 aliphatic rings. The summed E-state index contributed by atoms with van der Waals surface area (Å²) in [7, 11) is -2.65. The molecule has 214 valence electrons. The molecule has 0 aliphatic heterocycles. The summed E-state index contributed by atoms with van der Waals surface area (Å²) in [4.78, 5) is 28.4. The van der Waals surface area contributed by atoms with Crippen LogP contribution in [0.4, 0.5) is 5.69 Å². The number of carbonyl (C=O) groups is 2. The van der Waals surface area contributed by atoms with Gasteiger partial charge in [0, 0.05) is 22.6 Å². The zero-order chi connectivity index (χ0) is 29.4. The summed E-state index contributed by atoms with van der Waals surface area (Å²) in [6.07, 6.45) is 0.704. The molecule has 0 radical (unpaired) electrons. The Morgan fingerprint density at radius 3 is 2.20 bits per heavy atom. The van der Waals surface area contributed by atoms with Crippen molar-refractivity contribution in [2.24, 2.45) is 0 Å². The highest BCUT2D eigenvalue weighted by molar-refractivity contribution is 7.92. The second-order valence-electron chi connectivity index (χ2n) is 9.27. The highest BCUT2D eigenvalue weighted by atomic mass is 35.5. The number of amides is 2. The monoisotopic (exact) mass is 605 g/mol. The van der Waals surface area contributed by atoms with Crippen LogP contribution in [-0.4, -0.2) is 50.9 Å². The van der Waals surface area contributed by atoms with Crippen LogP contribution in [0.3, 0.4) is 0 Å². The fourth-order valence-electron chi connectivity index (χ4n) is 3.88. The third-order valence-corrected chi connectivity index (χ3v) is 8.87. The summed E-state index contributed by atoms with van der Waals surface area (Å²) >= 11 is 12.5. The van der Waals surface area contributed by atoms with Crippen molar-refractivity contribution in [2.75, 3.05) is 18.0 Å². The Balaban J connectivity index is 2.04. The number of hydrogen-bond acceptors (Lipinski definition) is 5. The Bertz CT molecular complexity index is 1420. The van der Waals surface area contributed by atoms with Crippen LogP contribution < -0.4 is 14.4 Å². The van der Waals surface area contributed by atoms with Crippen molar-refractivity contribution in [3.8, 4) is 5.75 Å². The predicted molar refractivity (Wildman–Crippen MR) is 158 cm³/mol. The molecular weight excluding hydrogens is 573 g/mol. The minimum Gasteiger partial charge on any atom is -0.497 e. The van der Waals surface area contributed by atoms with Gasteiger partial charge in [0.15, 0.2) is 0 Å². The minimum atomic E-state index is -4.16. The number of nitrogens with zero attached hydrogens (tertiary/aromatic N) is 2. The zero-order valence-corrected chi connectivity index (χ0v) is 25.1. The molecule has 2 amide bonds. The summed E-state index contributed by atoms with van der Waals surface area (Å²) < 4.78 is 33.8. The quantitative estimate of drug-likeness (QED) is 0.293. The Morgan fingerprint density at radius 2 is 1.62 bits per heavy atom. The molecule has 11 heteroatoms. The van der Waals surface area contributed by atoms with Gasteiger partial charge in [0.1, 0.15) is 18.3 Å². The van der Waals surface area contributed by atoms with Crippen molar-refractivity contribution >= 4 is 50.7 Å². The number of sulfonamides is 1. The van der Waals surface area contributed by atoms with Crippen molar-refractivity contribution in [3.63, 3.8) is 0 Å².